The van der Waals surface area contributed by atoms with E-state index in [4.69, 9.17) is 0 Å². The van der Waals surface area contributed by atoms with Crippen molar-refractivity contribution >= 4 is 22.8 Å². The fourth-order valence-electron chi connectivity index (χ4n) is 1.65. The number of nitro groups is 1. The summed E-state index contributed by atoms with van der Waals surface area (Å²) in [4.78, 5) is 21.7. The maximum absolute atomic E-state index is 11.2. The monoisotopic (exact) mass is 260 g/mol. The van der Waals surface area contributed by atoms with E-state index in [1.54, 1.807) is 30.2 Å². The van der Waals surface area contributed by atoms with Crippen LogP contribution in [0.15, 0.2) is 30.6 Å². The quantitative estimate of drug-likeness (QED) is 0.517. The van der Waals surface area contributed by atoms with Crippen molar-refractivity contribution in [1.82, 2.24) is 9.78 Å². The summed E-state index contributed by atoms with van der Waals surface area (Å²) >= 11 is 0. The molecule has 1 aromatic carbocycles. The Morgan fingerprint density at radius 1 is 1.47 bits per heavy atom. The highest BCUT2D eigenvalue weighted by Crippen LogP contribution is 2.28. The number of hydrogen-bond acceptors (Lipinski definition) is 5. The van der Waals surface area contributed by atoms with E-state index >= 15 is 0 Å². The van der Waals surface area contributed by atoms with Crippen molar-refractivity contribution in [2.45, 2.75) is 6.92 Å². The molecule has 0 aliphatic heterocycles. The molecule has 19 heavy (non-hydrogen) atoms. The summed E-state index contributed by atoms with van der Waals surface area (Å²) in [5.41, 5.74) is 1.13. The minimum Gasteiger partial charge on any atom is -0.347 e. The number of hydrogen-bond donors (Lipinski definition) is 1. The lowest BCUT2D eigenvalue weighted by Crippen LogP contribution is -2.00. The zero-order valence-electron chi connectivity index (χ0n) is 10.5. The highest BCUT2D eigenvalue weighted by atomic mass is 16.6. The number of anilines is 2. The van der Waals surface area contributed by atoms with Crippen molar-refractivity contribution < 1.29 is 9.72 Å². The molecule has 7 heteroatoms. The molecular formula is C12H12N4O3. The molecule has 7 nitrogen and oxygen atoms in total. The predicted molar refractivity (Wildman–Crippen MR) is 69.6 cm³/mol. The molecule has 0 aliphatic rings. The van der Waals surface area contributed by atoms with Gasteiger partial charge < -0.3 is 5.32 Å². The first kappa shape index (κ1) is 12.7. The van der Waals surface area contributed by atoms with Gasteiger partial charge in [0.1, 0.15) is 5.69 Å². The molecule has 0 fully saturated rings. The summed E-state index contributed by atoms with van der Waals surface area (Å²) in [6.07, 6.45) is 3.26. The number of nitrogens with zero attached hydrogens (tertiary/aromatic N) is 3. The van der Waals surface area contributed by atoms with Crippen LogP contribution < -0.4 is 5.32 Å². The van der Waals surface area contributed by atoms with Crippen LogP contribution in [0.2, 0.25) is 0 Å². The van der Waals surface area contributed by atoms with Crippen molar-refractivity contribution in [1.29, 1.82) is 0 Å². The first-order valence-electron chi connectivity index (χ1n) is 5.52. The third kappa shape index (κ3) is 2.76. The van der Waals surface area contributed by atoms with Gasteiger partial charge in [-0.05, 0) is 19.1 Å². The summed E-state index contributed by atoms with van der Waals surface area (Å²) in [5.74, 6) is -0.212. The van der Waals surface area contributed by atoms with Crippen LogP contribution in [0.3, 0.4) is 0 Å². The fraction of sp³-hybridized carbons (Fsp3) is 0.167. The van der Waals surface area contributed by atoms with Gasteiger partial charge in [-0.2, -0.15) is 5.10 Å². The minimum absolute atomic E-state index is 0.142. The van der Waals surface area contributed by atoms with Gasteiger partial charge in [0, 0.05) is 24.9 Å². The lowest BCUT2D eigenvalue weighted by molar-refractivity contribution is -0.383. The van der Waals surface area contributed by atoms with Crippen molar-refractivity contribution in [3.8, 4) is 0 Å². The van der Waals surface area contributed by atoms with Crippen LogP contribution >= 0.6 is 0 Å². The molecular weight excluding hydrogens is 248 g/mol. The molecule has 0 saturated heterocycles. The number of Topliss-reactive ketones (excluding diaryl/α,β-unsaturated/α-hetero) is 1. The molecule has 2 aromatic rings. The van der Waals surface area contributed by atoms with Crippen molar-refractivity contribution in [2.24, 2.45) is 7.05 Å². The Kier molecular flexibility index (Phi) is 3.28. The Hall–Kier alpha value is -2.70. The first-order valence-corrected chi connectivity index (χ1v) is 5.52. The van der Waals surface area contributed by atoms with Gasteiger partial charge in [0.15, 0.2) is 5.78 Å². The second-order valence-electron chi connectivity index (χ2n) is 4.07. The third-order valence-corrected chi connectivity index (χ3v) is 2.58. The van der Waals surface area contributed by atoms with E-state index in [1.165, 1.54) is 19.1 Å². The summed E-state index contributed by atoms with van der Waals surface area (Å²) < 4.78 is 1.58. The van der Waals surface area contributed by atoms with Crippen molar-refractivity contribution in [3.05, 3.63) is 46.3 Å². The second kappa shape index (κ2) is 4.89. The lowest BCUT2D eigenvalue weighted by atomic mass is 10.1. The molecule has 0 saturated carbocycles. The van der Waals surface area contributed by atoms with Crippen LogP contribution in [0.4, 0.5) is 17.1 Å². The molecule has 0 amide bonds. The van der Waals surface area contributed by atoms with E-state index in [0.29, 0.717) is 16.9 Å². The van der Waals surface area contributed by atoms with Gasteiger partial charge >= 0.3 is 0 Å². The lowest BCUT2D eigenvalue weighted by Gasteiger charge is -2.05. The number of rotatable bonds is 4. The molecule has 0 spiro atoms. The minimum atomic E-state index is -0.523. The van der Waals surface area contributed by atoms with Crippen molar-refractivity contribution in [3.63, 3.8) is 0 Å². The number of carbonyl (C=O) groups excluding carboxylic acids is 1. The molecule has 1 aromatic heterocycles. The van der Waals surface area contributed by atoms with E-state index in [2.05, 4.69) is 10.4 Å². The smallest absolute Gasteiger partial charge is 0.293 e. The molecule has 0 unspecified atom stereocenters. The van der Waals surface area contributed by atoms with Crippen LogP contribution in [0.1, 0.15) is 17.3 Å². The first-order chi connectivity index (χ1) is 8.97. The Bertz CT molecular complexity index is 648. The molecule has 0 aliphatic carbocycles. The van der Waals surface area contributed by atoms with Crippen LogP contribution in [0.25, 0.3) is 0 Å². The maximum Gasteiger partial charge on any atom is 0.293 e. The van der Waals surface area contributed by atoms with Gasteiger partial charge in [0.25, 0.3) is 5.69 Å². The topological polar surface area (TPSA) is 90.1 Å². The van der Waals surface area contributed by atoms with E-state index in [1.807, 2.05) is 0 Å². The van der Waals surface area contributed by atoms with Gasteiger partial charge in [-0.15, -0.1) is 0 Å². The maximum atomic E-state index is 11.2. The predicted octanol–water partition coefficient (Wildman–Crippen LogP) is 2.27. The zero-order chi connectivity index (χ0) is 14.0. The summed E-state index contributed by atoms with van der Waals surface area (Å²) in [7, 11) is 1.75. The number of carbonyl (C=O) groups is 1. The Labute approximate surface area is 109 Å². The molecule has 98 valence electrons. The molecule has 1 heterocycles. The molecule has 1 N–H and O–H groups in total. The molecule has 0 bridgehead atoms. The van der Waals surface area contributed by atoms with E-state index in [0.717, 1.165) is 0 Å². The van der Waals surface area contributed by atoms with Crippen LogP contribution in [-0.4, -0.2) is 20.5 Å². The summed E-state index contributed by atoms with van der Waals surface area (Å²) in [6.45, 7) is 1.37. The third-order valence-electron chi connectivity index (χ3n) is 2.58. The van der Waals surface area contributed by atoms with Gasteiger partial charge in [-0.1, -0.05) is 0 Å². The van der Waals surface area contributed by atoms with Crippen LogP contribution in [0, 0.1) is 10.1 Å². The van der Waals surface area contributed by atoms with Gasteiger partial charge in [-0.25, -0.2) is 0 Å². The summed E-state index contributed by atoms with van der Waals surface area (Å²) in [5, 5.41) is 17.9. The normalized spacial score (nSPS) is 10.2. The average molecular weight is 260 g/mol. The fourth-order valence-corrected chi connectivity index (χ4v) is 1.65. The van der Waals surface area contributed by atoms with Gasteiger partial charge in [0.2, 0.25) is 0 Å². The largest absolute Gasteiger partial charge is 0.347 e. The summed E-state index contributed by atoms with van der Waals surface area (Å²) in [6, 6.07) is 4.33. The highest BCUT2D eigenvalue weighted by Gasteiger charge is 2.16. The standard InChI is InChI=1S/C12H12N4O3/c1-8(17)9-3-4-11(12(5-9)16(18)19)14-10-6-13-15(2)7-10/h3-7,14H,1-2H3. The van der Waals surface area contributed by atoms with E-state index in [-0.39, 0.29) is 11.5 Å². The molecule has 0 radical (unpaired) electrons. The van der Waals surface area contributed by atoms with Crippen LogP contribution in [0.5, 0.6) is 0 Å². The highest BCUT2D eigenvalue weighted by molar-refractivity contribution is 5.95. The van der Waals surface area contributed by atoms with E-state index in [9.17, 15) is 14.9 Å². The zero-order valence-corrected chi connectivity index (χ0v) is 10.5. The number of aryl methyl sites for hydroxylation is 1. The Balaban J connectivity index is 2.39. The van der Waals surface area contributed by atoms with Gasteiger partial charge in [0.05, 0.1) is 16.8 Å². The van der Waals surface area contributed by atoms with Gasteiger partial charge in [-0.3, -0.25) is 19.6 Å². The number of nitro benzene ring substituents is 1. The number of aromatic nitrogens is 2. The van der Waals surface area contributed by atoms with Crippen LogP contribution in [-0.2, 0) is 7.05 Å². The Morgan fingerprint density at radius 2 is 2.21 bits per heavy atom. The number of nitrogens with one attached hydrogen (secondary N) is 1. The molecule has 2 rings (SSSR count). The van der Waals surface area contributed by atoms with E-state index < -0.39 is 4.92 Å². The SMILES string of the molecule is CC(=O)c1ccc(Nc2cnn(C)c2)c([N+](=O)[O-])c1. The average Bonchev–Trinajstić information content (AvgIpc) is 2.74. The number of benzene rings is 1. The Morgan fingerprint density at radius 3 is 2.74 bits per heavy atom. The van der Waals surface area contributed by atoms with Crippen molar-refractivity contribution in [2.75, 3.05) is 5.32 Å². The molecule has 0 atom stereocenters. The second-order valence-corrected chi connectivity index (χ2v) is 4.07. The number of ketones is 1.